The van der Waals surface area contributed by atoms with Crippen LogP contribution in [-0.2, 0) is 9.59 Å². The van der Waals surface area contributed by atoms with E-state index in [0.29, 0.717) is 13.0 Å². The van der Waals surface area contributed by atoms with Gasteiger partial charge in [-0.15, -0.1) is 12.4 Å². The Balaban J connectivity index is 0.00000200. The maximum Gasteiger partial charge on any atom is 0.249 e. The summed E-state index contributed by atoms with van der Waals surface area (Å²) in [7, 11) is 1.64. The number of halogens is 1. The number of hydrogen-bond acceptors (Lipinski definition) is 3. The van der Waals surface area contributed by atoms with E-state index < -0.39 is 12.1 Å². The van der Waals surface area contributed by atoms with Gasteiger partial charge in [-0.3, -0.25) is 9.59 Å². The van der Waals surface area contributed by atoms with Gasteiger partial charge in [-0.05, 0) is 25.5 Å². The van der Waals surface area contributed by atoms with E-state index in [2.05, 4.69) is 0 Å². The normalized spacial score (nSPS) is 19.4. The van der Waals surface area contributed by atoms with Crippen molar-refractivity contribution in [2.45, 2.75) is 25.4 Å². The van der Waals surface area contributed by atoms with Crippen LogP contribution in [0.15, 0.2) is 30.3 Å². The van der Waals surface area contributed by atoms with Crippen molar-refractivity contribution in [2.75, 3.05) is 18.5 Å². The molecule has 0 radical (unpaired) electrons. The molecule has 0 aliphatic carbocycles. The second-order valence-electron chi connectivity index (χ2n) is 4.87. The van der Waals surface area contributed by atoms with Crippen LogP contribution in [0.4, 0.5) is 5.69 Å². The lowest BCUT2D eigenvalue weighted by molar-refractivity contribution is -0.137. The highest BCUT2D eigenvalue weighted by Crippen LogP contribution is 2.23. The van der Waals surface area contributed by atoms with Crippen LogP contribution < -0.4 is 10.6 Å². The maximum atomic E-state index is 12.4. The van der Waals surface area contributed by atoms with Crippen LogP contribution >= 0.6 is 12.4 Å². The second-order valence-corrected chi connectivity index (χ2v) is 4.87. The lowest BCUT2D eigenvalue weighted by atomic mass is 10.2. The zero-order chi connectivity index (χ0) is 14.0. The van der Waals surface area contributed by atoms with Crippen molar-refractivity contribution in [3.8, 4) is 0 Å². The number of amides is 2. The van der Waals surface area contributed by atoms with Crippen molar-refractivity contribution in [2.24, 2.45) is 5.73 Å². The van der Waals surface area contributed by atoms with E-state index in [1.165, 1.54) is 4.90 Å². The summed E-state index contributed by atoms with van der Waals surface area (Å²) < 4.78 is 0. The first-order valence-corrected chi connectivity index (χ1v) is 6.41. The van der Waals surface area contributed by atoms with E-state index in [9.17, 15) is 9.59 Å². The minimum Gasteiger partial charge on any atom is -0.332 e. The molecule has 0 aromatic heterocycles. The van der Waals surface area contributed by atoms with Crippen LogP contribution in [0.2, 0.25) is 0 Å². The molecule has 1 unspecified atom stereocenters. The molecule has 0 saturated carbocycles. The number of para-hydroxylation sites is 1. The molecule has 1 aromatic carbocycles. The van der Waals surface area contributed by atoms with Crippen LogP contribution in [0.1, 0.15) is 13.3 Å². The fourth-order valence-electron chi connectivity index (χ4n) is 2.36. The number of carbonyl (C=O) groups is 2. The molecule has 20 heavy (non-hydrogen) atoms. The van der Waals surface area contributed by atoms with Crippen LogP contribution in [0.3, 0.4) is 0 Å². The van der Waals surface area contributed by atoms with Gasteiger partial charge >= 0.3 is 0 Å². The fourth-order valence-corrected chi connectivity index (χ4v) is 2.36. The smallest absolute Gasteiger partial charge is 0.249 e. The van der Waals surface area contributed by atoms with E-state index in [1.807, 2.05) is 30.3 Å². The van der Waals surface area contributed by atoms with E-state index in [4.69, 9.17) is 5.73 Å². The van der Waals surface area contributed by atoms with Crippen molar-refractivity contribution in [3.05, 3.63) is 30.3 Å². The molecule has 5 nitrogen and oxygen atoms in total. The second kappa shape index (κ2) is 6.72. The number of carbonyl (C=O) groups excluding carboxylic acids is 2. The molecule has 1 heterocycles. The molecule has 110 valence electrons. The molecule has 2 N–H and O–H groups in total. The number of anilines is 1. The largest absolute Gasteiger partial charge is 0.332 e. The molecule has 1 aromatic rings. The summed E-state index contributed by atoms with van der Waals surface area (Å²) >= 11 is 0. The predicted octanol–water partition coefficient (Wildman–Crippen LogP) is 1.02. The summed E-state index contributed by atoms with van der Waals surface area (Å²) in [6, 6.07) is 8.51. The molecule has 0 bridgehead atoms. The molecule has 2 atom stereocenters. The summed E-state index contributed by atoms with van der Waals surface area (Å²) in [4.78, 5) is 27.4. The third-order valence-corrected chi connectivity index (χ3v) is 3.45. The van der Waals surface area contributed by atoms with E-state index in [0.717, 1.165) is 5.69 Å². The quantitative estimate of drug-likeness (QED) is 0.906. The van der Waals surface area contributed by atoms with Gasteiger partial charge in [0.2, 0.25) is 11.8 Å². The highest BCUT2D eigenvalue weighted by atomic mass is 35.5. The van der Waals surface area contributed by atoms with Gasteiger partial charge in [0.25, 0.3) is 0 Å². The number of likely N-dealkylation sites (N-methyl/N-ethyl adjacent to an activating group) is 1. The van der Waals surface area contributed by atoms with Gasteiger partial charge < -0.3 is 15.5 Å². The van der Waals surface area contributed by atoms with Crippen LogP contribution in [0.25, 0.3) is 0 Å². The van der Waals surface area contributed by atoms with Crippen molar-refractivity contribution in [1.29, 1.82) is 0 Å². The van der Waals surface area contributed by atoms with Gasteiger partial charge in [-0.25, -0.2) is 0 Å². The van der Waals surface area contributed by atoms with Crippen LogP contribution in [0, 0.1) is 0 Å². The predicted molar refractivity (Wildman–Crippen MR) is 80.9 cm³/mol. The van der Waals surface area contributed by atoms with Gasteiger partial charge in [0.05, 0.1) is 6.04 Å². The SMILES string of the molecule is C[C@H](N)C(=O)N(C)C1CCN(c2ccccc2)C1=O.Cl. The highest BCUT2D eigenvalue weighted by molar-refractivity contribution is 6.01. The molecule has 1 fully saturated rings. The number of nitrogens with zero attached hydrogens (tertiary/aromatic N) is 2. The first-order chi connectivity index (χ1) is 9.02. The Hall–Kier alpha value is -1.59. The Kier molecular flexibility index (Phi) is 5.53. The van der Waals surface area contributed by atoms with Crippen molar-refractivity contribution in [1.82, 2.24) is 4.90 Å². The summed E-state index contributed by atoms with van der Waals surface area (Å²) in [6.07, 6.45) is 0.642. The Labute approximate surface area is 125 Å². The van der Waals surface area contributed by atoms with Crippen molar-refractivity contribution < 1.29 is 9.59 Å². The first kappa shape index (κ1) is 16.5. The van der Waals surface area contributed by atoms with Crippen LogP contribution in [0.5, 0.6) is 0 Å². The summed E-state index contributed by atoms with van der Waals surface area (Å²) in [5, 5.41) is 0. The monoisotopic (exact) mass is 297 g/mol. The minimum atomic E-state index is -0.580. The summed E-state index contributed by atoms with van der Waals surface area (Å²) in [5.74, 6) is -0.240. The maximum absolute atomic E-state index is 12.4. The third kappa shape index (κ3) is 3.11. The highest BCUT2D eigenvalue weighted by Gasteiger charge is 2.37. The molecule has 1 aliphatic rings. The van der Waals surface area contributed by atoms with Gasteiger partial charge in [-0.2, -0.15) is 0 Å². The number of nitrogens with two attached hydrogens (primary N) is 1. The summed E-state index contributed by atoms with van der Waals surface area (Å²) in [5.41, 5.74) is 6.45. The third-order valence-electron chi connectivity index (χ3n) is 3.45. The molecule has 6 heteroatoms. The molecule has 2 amide bonds. The Morgan fingerprint density at radius 3 is 2.55 bits per heavy atom. The van der Waals surface area contributed by atoms with Crippen LogP contribution in [-0.4, -0.2) is 42.4 Å². The van der Waals surface area contributed by atoms with E-state index in [-0.39, 0.29) is 24.2 Å². The van der Waals surface area contributed by atoms with Gasteiger partial charge in [0.15, 0.2) is 0 Å². The first-order valence-electron chi connectivity index (χ1n) is 6.41. The average molecular weight is 298 g/mol. The van der Waals surface area contributed by atoms with Crippen molar-refractivity contribution in [3.63, 3.8) is 0 Å². The minimum absolute atomic E-state index is 0. The molecule has 0 spiro atoms. The van der Waals surface area contributed by atoms with Gasteiger partial charge in [0.1, 0.15) is 6.04 Å². The van der Waals surface area contributed by atoms with E-state index >= 15 is 0 Å². The summed E-state index contributed by atoms with van der Waals surface area (Å²) in [6.45, 7) is 2.26. The van der Waals surface area contributed by atoms with E-state index in [1.54, 1.807) is 18.9 Å². The lowest BCUT2D eigenvalue weighted by Gasteiger charge is -2.25. The fraction of sp³-hybridized carbons (Fsp3) is 0.429. The Morgan fingerprint density at radius 2 is 2.00 bits per heavy atom. The molecular weight excluding hydrogens is 278 g/mol. The average Bonchev–Trinajstić information content (AvgIpc) is 2.79. The van der Waals surface area contributed by atoms with Crippen molar-refractivity contribution >= 4 is 29.9 Å². The number of rotatable bonds is 3. The number of hydrogen-bond donors (Lipinski definition) is 1. The molecule has 1 aliphatic heterocycles. The molecule has 2 rings (SSSR count). The zero-order valence-electron chi connectivity index (χ0n) is 11.7. The Bertz CT molecular complexity index is 479. The standard InChI is InChI=1S/C14H19N3O2.ClH/c1-10(15)13(18)16(2)12-8-9-17(14(12)19)11-6-4-3-5-7-11;/h3-7,10,12H,8-9,15H2,1-2H3;1H/t10-,12?;/m0./s1. The van der Waals surface area contributed by atoms with Gasteiger partial charge in [-0.1, -0.05) is 18.2 Å². The lowest BCUT2D eigenvalue weighted by Crippen LogP contribution is -2.48. The molecular formula is C14H20ClN3O2. The van der Waals surface area contributed by atoms with Gasteiger partial charge in [0, 0.05) is 19.3 Å². The zero-order valence-corrected chi connectivity index (χ0v) is 12.5. The Morgan fingerprint density at radius 1 is 1.40 bits per heavy atom. The molecule has 1 saturated heterocycles. The topological polar surface area (TPSA) is 66.6 Å². The number of benzene rings is 1.